The van der Waals surface area contributed by atoms with Crippen LogP contribution in [-0.4, -0.2) is 16.6 Å². The number of fused-ring (bicyclic) bond motifs is 2. The molecule has 2 rings (SSSR count). The average Bonchev–Trinajstić information content (AvgIpc) is 2.75. The van der Waals surface area contributed by atoms with Gasteiger partial charge < -0.3 is 4.74 Å². The van der Waals surface area contributed by atoms with Crippen LogP contribution in [0.4, 0.5) is 0 Å². The lowest BCUT2D eigenvalue weighted by atomic mass is 9.66. The van der Waals surface area contributed by atoms with Gasteiger partial charge in [0, 0.05) is 11.0 Å². The van der Waals surface area contributed by atoms with Crippen LogP contribution in [0.15, 0.2) is 0 Å². The third-order valence-electron chi connectivity index (χ3n) is 4.97. The van der Waals surface area contributed by atoms with Crippen LogP contribution in [0.1, 0.15) is 46.5 Å². The minimum Gasteiger partial charge on any atom is -0.373 e. The molecule has 0 radical (unpaired) electrons. The van der Waals surface area contributed by atoms with Gasteiger partial charge in [-0.25, -0.2) is 0 Å². The summed E-state index contributed by atoms with van der Waals surface area (Å²) in [6.45, 7) is 8.02. The first-order valence-electron chi connectivity index (χ1n) is 6.28. The van der Waals surface area contributed by atoms with Crippen molar-refractivity contribution in [2.75, 3.05) is 11.0 Å². The van der Waals surface area contributed by atoms with Gasteiger partial charge in [0.25, 0.3) is 0 Å². The van der Waals surface area contributed by atoms with Gasteiger partial charge in [-0.1, -0.05) is 43.4 Å². The van der Waals surface area contributed by atoms with E-state index in [1.54, 1.807) is 0 Å². The summed E-state index contributed by atoms with van der Waals surface area (Å²) in [5, 5.41) is 0. The summed E-state index contributed by atoms with van der Waals surface area (Å²) in [6, 6.07) is 0. The summed E-state index contributed by atoms with van der Waals surface area (Å²) in [4.78, 5) is 0. The number of hydrogen-bond acceptors (Lipinski definition) is 1. The first kappa shape index (κ1) is 12.2. The van der Waals surface area contributed by atoms with Gasteiger partial charge in [0.15, 0.2) is 0 Å². The maximum absolute atomic E-state index is 6.33. The zero-order valence-electron chi connectivity index (χ0n) is 10.2. The Hall–Kier alpha value is 0.690. The second-order valence-electron chi connectivity index (χ2n) is 5.80. The Bertz CT molecular complexity index is 239. The SMILES string of the molecule is CCCOC1(CI)C2CCC(C2)C1(C)C. The van der Waals surface area contributed by atoms with Gasteiger partial charge in [-0.05, 0) is 42.9 Å². The van der Waals surface area contributed by atoms with Crippen molar-refractivity contribution in [2.24, 2.45) is 17.3 Å². The molecular formula is C13H23IO. The van der Waals surface area contributed by atoms with Crippen molar-refractivity contribution in [3.05, 3.63) is 0 Å². The highest BCUT2D eigenvalue weighted by atomic mass is 127. The maximum Gasteiger partial charge on any atom is 0.0852 e. The van der Waals surface area contributed by atoms with Gasteiger partial charge >= 0.3 is 0 Å². The van der Waals surface area contributed by atoms with Crippen LogP contribution in [-0.2, 0) is 4.74 Å². The fraction of sp³-hybridized carbons (Fsp3) is 1.00. The third kappa shape index (κ3) is 1.58. The Labute approximate surface area is 107 Å². The van der Waals surface area contributed by atoms with Crippen molar-refractivity contribution in [3.8, 4) is 0 Å². The van der Waals surface area contributed by atoms with E-state index in [-0.39, 0.29) is 5.60 Å². The fourth-order valence-electron chi connectivity index (χ4n) is 3.84. The summed E-state index contributed by atoms with van der Waals surface area (Å²) in [5.74, 6) is 1.75. The zero-order chi connectivity index (χ0) is 11.1. The topological polar surface area (TPSA) is 9.23 Å². The lowest BCUT2D eigenvalue weighted by molar-refractivity contribution is -0.135. The summed E-state index contributed by atoms with van der Waals surface area (Å²) < 4.78 is 7.50. The van der Waals surface area contributed by atoms with E-state index in [0.717, 1.165) is 24.9 Å². The van der Waals surface area contributed by atoms with Crippen molar-refractivity contribution in [3.63, 3.8) is 0 Å². The highest BCUT2D eigenvalue weighted by Gasteiger charge is 2.63. The maximum atomic E-state index is 6.33. The molecule has 2 bridgehead atoms. The summed E-state index contributed by atoms with van der Waals surface area (Å²) >= 11 is 2.54. The minimum absolute atomic E-state index is 0.187. The highest BCUT2D eigenvalue weighted by molar-refractivity contribution is 14.1. The molecule has 3 atom stereocenters. The second kappa shape index (κ2) is 4.17. The fourth-order valence-corrected chi connectivity index (χ4v) is 5.67. The molecule has 0 saturated heterocycles. The third-order valence-corrected chi connectivity index (χ3v) is 6.10. The highest BCUT2D eigenvalue weighted by Crippen LogP contribution is 2.63. The molecule has 3 unspecified atom stereocenters. The lowest BCUT2D eigenvalue weighted by Gasteiger charge is -2.48. The Kier molecular flexibility index (Phi) is 3.38. The van der Waals surface area contributed by atoms with E-state index in [9.17, 15) is 0 Å². The molecular weight excluding hydrogens is 299 g/mol. The Balaban J connectivity index is 2.22. The van der Waals surface area contributed by atoms with Crippen LogP contribution < -0.4 is 0 Å². The van der Waals surface area contributed by atoms with E-state index in [2.05, 4.69) is 43.4 Å². The Morgan fingerprint density at radius 2 is 1.93 bits per heavy atom. The van der Waals surface area contributed by atoms with Gasteiger partial charge in [0.2, 0.25) is 0 Å². The van der Waals surface area contributed by atoms with Crippen LogP contribution in [0.25, 0.3) is 0 Å². The molecule has 15 heavy (non-hydrogen) atoms. The lowest BCUT2D eigenvalue weighted by Crippen LogP contribution is -2.53. The predicted molar refractivity (Wildman–Crippen MR) is 72.5 cm³/mol. The Morgan fingerprint density at radius 3 is 2.40 bits per heavy atom. The van der Waals surface area contributed by atoms with Gasteiger partial charge in [0.1, 0.15) is 0 Å². The quantitative estimate of drug-likeness (QED) is 0.561. The van der Waals surface area contributed by atoms with Crippen molar-refractivity contribution >= 4 is 22.6 Å². The minimum atomic E-state index is 0.187. The van der Waals surface area contributed by atoms with Crippen LogP contribution in [0.5, 0.6) is 0 Å². The van der Waals surface area contributed by atoms with Crippen molar-refractivity contribution in [2.45, 2.75) is 52.1 Å². The van der Waals surface area contributed by atoms with Gasteiger partial charge in [-0.3, -0.25) is 0 Å². The van der Waals surface area contributed by atoms with E-state index < -0.39 is 0 Å². The molecule has 2 heteroatoms. The van der Waals surface area contributed by atoms with E-state index in [1.807, 2.05) is 0 Å². The molecule has 2 aliphatic carbocycles. The molecule has 2 fully saturated rings. The summed E-state index contributed by atoms with van der Waals surface area (Å²) in [6.07, 6.45) is 5.40. The summed E-state index contributed by atoms with van der Waals surface area (Å²) in [7, 11) is 0. The molecule has 0 aromatic carbocycles. The van der Waals surface area contributed by atoms with E-state index >= 15 is 0 Å². The molecule has 0 N–H and O–H groups in total. The number of hydrogen-bond donors (Lipinski definition) is 0. The van der Waals surface area contributed by atoms with E-state index in [1.165, 1.54) is 23.7 Å². The van der Waals surface area contributed by atoms with E-state index in [4.69, 9.17) is 4.74 Å². The standard InChI is InChI=1S/C13H23IO/c1-4-7-15-13(9-14)11-6-5-10(8-11)12(13,2)3/h10-11H,4-9H2,1-3H3. The number of rotatable bonds is 4. The largest absolute Gasteiger partial charge is 0.373 e. The summed E-state index contributed by atoms with van der Waals surface area (Å²) in [5.41, 5.74) is 0.582. The molecule has 2 saturated carbocycles. The normalized spacial score (nSPS) is 42.4. The van der Waals surface area contributed by atoms with Crippen LogP contribution in [0.3, 0.4) is 0 Å². The van der Waals surface area contributed by atoms with Gasteiger partial charge in [0.05, 0.1) is 5.60 Å². The molecule has 1 nitrogen and oxygen atoms in total. The van der Waals surface area contributed by atoms with Crippen molar-refractivity contribution in [1.82, 2.24) is 0 Å². The monoisotopic (exact) mass is 322 g/mol. The average molecular weight is 322 g/mol. The van der Waals surface area contributed by atoms with Crippen LogP contribution in [0, 0.1) is 17.3 Å². The molecule has 0 heterocycles. The molecule has 0 aromatic heterocycles. The van der Waals surface area contributed by atoms with Crippen LogP contribution >= 0.6 is 22.6 Å². The second-order valence-corrected chi connectivity index (χ2v) is 6.56. The molecule has 88 valence electrons. The van der Waals surface area contributed by atoms with Crippen molar-refractivity contribution < 1.29 is 4.74 Å². The smallest absolute Gasteiger partial charge is 0.0852 e. The number of halogens is 1. The van der Waals surface area contributed by atoms with E-state index in [0.29, 0.717) is 5.41 Å². The first-order valence-corrected chi connectivity index (χ1v) is 7.81. The zero-order valence-corrected chi connectivity index (χ0v) is 12.3. The van der Waals surface area contributed by atoms with Gasteiger partial charge in [-0.15, -0.1) is 0 Å². The molecule has 2 aliphatic rings. The number of ether oxygens (including phenoxy) is 1. The molecule has 0 amide bonds. The Morgan fingerprint density at radius 1 is 1.27 bits per heavy atom. The first-order chi connectivity index (χ1) is 7.08. The number of alkyl halides is 1. The molecule has 0 aliphatic heterocycles. The predicted octanol–water partition coefficient (Wildman–Crippen LogP) is 4.04. The molecule has 0 spiro atoms. The van der Waals surface area contributed by atoms with Crippen molar-refractivity contribution in [1.29, 1.82) is 0 Å². The molecule has 0 aromatic rings. The van der Waals surface area contributed by atoms with Crippen LogP contribution in [0.2, 0.25) is 0 Å². The van der Waals surface area contributed by atoms with Gasteiger partial charge in [-0.2, -0.15) is 0 Å².